The summed E-state index contributed by atoms with van der Waals surface area (Å²) in [5, 5.41) is 3.15. The number of rotatable bonds is 8. The first-order chi connectivity index (χ1) is 10.7. The van der Waals surface area contributed by atoms with Gasteiger partial charge in [0.2, 0.25) is 5.95 Å². The molecule has 1 aromatic heterocycles. The van der Waals surface area contributed by atoms with Crippen LogP contribution in [-0.2, 0) is 6.42 Å². The van der Waals surface area contributed by atoms with Crippen molar-refractivity contribution in [3.63, 3.8) is 0 Å². The highest BCUT2D eigenvalue weighted by atomic mass is 16.5. The van der Waals surface area contributed by atoms with E-state index in [4.69, 9.17) is 4.74 Å². The van der Waals surface area contributed by atoms with Gasteiger partial charge in [-0.3, -0.25) is 9.78 Å². The van der Waals surface area contributed by atoms with Gasteiger partial charge in [-0.05, 0) is 31.4 Å². The Kier molecular flexibility index (Phi) is 6.01. The van der Waals surface area contributed by atoms with E-state index in [0.29, 0.717) is 12.6 Å². The predicted molar refractivity (Wildman–Crippen MR) is 89.0 cm³/mol. The molecule has 0 saturated heterocycles. The molecule has 0 fully saturated rings. The Morgan fingerprint density at radius 3 is 2.82 bits per heavy atom. The summed E-state index contributed by atoms with van der Waals surface area (Å²) in [7, 11) is 0. The molecule has 0 saturated carbocycles. The lowest BCUT2D eigenvalue weighted by molar-refractivity contribution is 0.319. The Hall–Kier alpha value is -2.30. The van der Waals surface area contributed by atoms with Gasteiger partial charge in [0, 0.05) is 11.8 Å². The highest BCUT2D eigenvalue weighted by Crippen LogP contribution is 2.26. The van der Waals surface area contributed by atoms with Gasteiger partial charge in [-0.15, -0.1) is 0 Å². The zero-order chi connectivity index (χ0) is 15.8. The van der Waals surface area contributed by atoms with Gasteiger partial charge in [0.05, 0.1) is 12.3 Å². The zero-order valence-electron chi connectivity index (χ0n) is 13.2. The van der Waals surface area contributed by atoms with Crippen LogP contribution in [0.15, 0.2) is 35.1 Å². The van der Waals surface area contributed by atoms with Crippen LogP contribution in [0, 0.1) is 0 Å². The maximum atomic E-state index is 11.8. The summed E-state index contributed by atoms with van der Waals surface area (Å²) in [5.74, 6) is 1.21. The van der Waals surface area contributed by atoms with E-state index in [9.17, 15) is 4.79 Å². The molecule has 0 amide bonds. The molecule has 1 aromatic carbocycles. The smallest absolute Gasteiger partial charge is 0.252 e. The number of hydrogen-bond donors (Lipinski definition) is 2. The van der Waals surface area contributed by atoms with Gasteiger partial charge >= 0.3 is 0 Å². The number of nitrogens with zero attached hydrogens (tertiary/aromatic N) is 1. The van der Waals surface area contributed by atoms with Crippen molar-refractivity contribution in [2.45, 2.75) is 39.5 Å². The van der Waals surface area contributed by atoms with Gasteiger partial charge < -0.3 is 10.1 Å². The summed E-state index contributed by atoms with van der Waals surface area (Å²) in [5.41, 5.74) is 1.46. The third-order valence-corrected chi connectivity index (χ3v) is 3.18. The number of hydrogen-bond acceptors (Lipinski definition) is 4. The maximum absolute atomic E-state index is 11.8. The number of aromatic nitrogens is 2. The maximum Gasteiger partial charge on any atom is 0.252 e. The third kappa shape index (κ3) is 4.62. The average Bonchev–Trinajstić information content (AvgIpc) is 2.51. The van der Waals surface area contributed by atoms with Crippen LogP contribution < -0.4 is 15.6 Å². The fourth-order valence-corrected chi connectivity index (χ4v) is 2.09. The summed E-state index contributed by atoms with van der Waals surface area (Å²) in [6, 6.07) is 9.20. The summed E-state index contributed by atoms with van der Waals surface area (Å²) >= 11 is 0. The molecule has 0 unspecified atom stereocenters. The molecule has 0 bridgehead atoms. The average molecular weight is 301 g/mol. The number of aromatic amines is 1. The monoisotopic (exact) mass is 301 g/mol. The lowest BCUT2D eigenvalue weighted by Gasteiger charge is -2.12. The van der Waals surface area contributed by atoms with E-state index < -0.39 is 0 Å². The van der Waals surface area contributed by atoms with Gasteiger partial charge in [-0.1, -0.05) is 32.4 Å². The van der Waals surface area contributed by atoms with Gasteiger partial charge in [0.25, 0.3) is 5.56 Å². The SMILES string of the molecule is CCCCc1cc(=O)[nH]c(Nc2ccccc2OCCC)n1. The minimum Gasteiger partial charge on any atom is -0.491 e. The standard InChI is InChI=1S/C17H23N3O2/c1-3-5-8-13-12-16(21)20-17(18-13)19-14-9-6-7-10-15(14)22-11-4-2/h6-7,9-10,12H,3-5,8,11H2,1-2H3,(H2,18,19,20,21). The number of ether oxygens (including phenoxy) is 1. The van der Waals surface area contributed by atoms with Crippen LogP contribution in [0.1, 0.15) is 38.8 Å². The van der Waals surface area contributed by atoms with E-state index in [1.54, 1.807) is 6.07 Å². The minimum absolute atomic E-state index is 0.143. The van der Waals surface area contributed by atoms with Crippen LogP contribution in [0.5, 0.6) is 5.75 Å². The summed E-state index contributed by atoms with van der Waals surface area (Å²) in [4.78, 5) is 18.9. The minimum atomic E-state index is -0.143. The van der Waals surface area contributed by atoms with Crippen LogP contribution in [0.3, 0.4) is 0 Å². The Morgan fingerprint density at radius 1 is 1.23 bits per heavy atom. The molecule has 0 aliphatic rings. The van der Waals surface area contributed by atoms with E-state index in [1.165, 1.54) is 0 Å². The van der Waals surface area contributed by atoms with E-state index in [1.807, 2.05) is 24.3 Å². The second-order valence-corrected chi connectivity index (χ2v) is 5.16. The molecular weight excluding hydrogens is 278 g/mol. The lowest BCUT2D eigenvalue weighted by atomic mass is 10.2. The van der Waals surface area contributed by atoms with Gasteiger partial charge in [-0.25, -0.2) is 4.98 Å². The van der Waals surface area contributed by atoms with Crippen molar-refractivity contribution >= 4 is 11.6 Å². The molecule has 2 N–H and O–H groups in total. The first-order valence-electron chi connectivity index (χ1n) is 7.82. The first-order valence-corrected chi connectivity index (χ1v) is 7.82. The second kappa shape index (κ2) is 8.22. The molecule has 2 rings (SSSR count). The fraction of sp³-hybridized carbons (Fsp3) is 0.412. The Bertz CT molecular complexity index is 652. The number of benzene rings is 1. The number of anilines is 2. The number of nitrogens with one attached hydrogen (secondary N) is 2. The number of aryl methyl sites for hydroxylation is 1. The molecule has 0 spiro atoms. The summed E-state index contributed by atoms with van der Waals surface area (Å²) in [6.07, 6.45) is 3.84. The van der Waals surface area contributed by atoms with Crippen LogP contribution in [0.25, 0.3) is 0 Å². The summed E-state index contributed by atoms with van der Waals surface area (Å²) in [6.45, 7) is 4.83. The van der Waals surface area contributed by atoms with Gasteiger partial charge in [-0.2, -0.15) is 0 Å². The van der Waals surface area contributed by atoms with Crippen molar-refractivity contribution in [1.82, 2.24) is 9.97 Å². The highest BCUT2D eigenvalue weighted by Gasteiger charge is 2.06. The first kappa shape index (κ1) is 16.1. The van der Waals surface area contributed by atoms with Crippen molar-refractivity contribution in [2.75, 3.05) is 11.9 Å². The number of H-pyrrole nitrogens is 1. The molecule has 0 radical (unpaired) electrons. The van der Waals surface area contributed by atoms with Crippen LogP contribution in [0.4, 0.5) is 11.6 Å². The molecule has 1 heterocycles. The van der Waals surface area contributed by atoms with Gasteiger partial charge in [0.15, 0.2) is 0 Å². The van der Waals surface area contributed by atoms with E-state index >= 15 is 0 Å². The quantitative estimate of drug-likeness (QED) is 0.781. The Labute approximate surface area is 130 Å². The molecule has 0 aliphatic carbocycles. The molecule has 22 heavy (non-hydrogen) atoms. The van der Waals surface area contributed by atoms with E-state index in [0.717, 1.165) is 42.8 Å². The molecule has 5 nitrogen and oxygen atoms in total. The molecule has 2 aromatic rings. The number of unbranched alkanes of at least 4 members (excludes halogenated alkanes) is 1. The van der Waals surface area contributed by atoms with Crippen molar-refractivity contribution in [3.8, 4) is 5.75 Å². The van der Waals surface area contributed by atoms with Crippen LogP contribution >= 0.6 is 0 Å². The second-order valence-electron chi connectivity index (χ2n) is 5.16. The Balaban J connectivity index is 2.19. The van der Waals surface area contributed by atoms with Crippen molar-refractivity contribution in [3.05, 3.63) is 46.4 Å². The van der Waals surface area contributed by atoms with E-state index in [2.05, 4.69) is 29.1 Å². The highest BCUT2D eigenvalue weighted by molar-refractivity contribution is 5.62. The zero-order valence-corrected chi connectivity index (χ0v) is 13.2. The largest absolute Gasteiger partial charge is 0.491 e. The molecule has 5 heteroatoms. The van der Waals surface area contributed by atoms with Crippen LogP contribution in [0.2, 0.25) is 0 Å². The molecule has 0 aliphatic heterocycles. The fourth-order valence-electron chi connectivity index (χ4n) is 2.09. The normalized spacial score (nSPS) is 10.5. The molecular formula is C17H23N3O2. The Morgan fingerprint density at radius 2 is 2.05 bits per heavy atom. The van der Waals surface area contributed by atoms with Crippen molar-refractivity contribution < 1.29 is 4.74 Å². The predicted octanol–water partition coefficient (Wildman–Crippen LogP) is 3.64. The number of para-hydroxylation sites is 2. The third-order valence-electron chi connectivity index (χ3n) is 3.18. The summed E-state index contributed by atoms with van der Waals surface area (Å²) < 4.78 is 5.70. The molecule has 118 valence electrons. The lowest BCUT2D eigenvalue weighted by Crippen LogP contribution is -2.12. The van der Waals surface area contributed by atoms with Crippen LogP contribution in [-0.4, -0.2) is 16.6 Å². The van der Waals surface area contributed by atoms with Gasteiger partial charge in [0.1, 0.15) is 5.75 Å². The van der Waals surface area contributed by atoms with E-state index in [-0.39, 0.29) is 5.56 Å². The molecule has 0 atom stereocenters. The van der Waals surface area contributed by atoms with Crippen molar-refractivity contribution in [1.29, 1.82) is 0 Å². The topological polar surface area (TPSA) is 67.0 Å². The van der Waals surface area contributed by atoms with Crippen molar-refractivity contribution in [2.24, 2.45) is 0 Å².